The van der Waals surface area contributed by atoms with Crippen LogP contribution in [0.25, 0.3) is 0 Å². The topological polar surface area (TPSA) is 110 Å². The van der Waals surface area contributed by atoms with Crippen molar-refractivity contribution in [2.24, 2.45) is 0 Å². The molecule has 5 N–H and O–H groups in total. The van der Waals surface area contributed by atoms with E-state index in [2.05, 4.69) is 43.5 Å². The summed E-state index contributed by atoms with van der Waals surface area (Å²) < 4.78 is 0. The first-order valence-corrected chi connectivity index (χ1v) is 22.7. The monoisotopic (exact) mass is 736 g/mol. The zero-order valence-corrected chi connectivity index (χ0v) is 34.6. The van der Waals surface area contributed by atoms with Crippen molar-refractivity contribution in [3.63, 3.8) is 0 Å². The van der Waals surface area contributed by atoms with Gasteiger partial charge in [-0.05, 0) is 51.4 Å². The number of rotatable bonds is 41. The number of carbonyl (C=O) groups is 1. The average molecular weight is 736 g/mol. The van der Waals surface area contributed by atoms with E-state index in [9.17, 15) is 25.2 Å². The maximum Gasteiger partial charge on any atom is 0.249 e. The summed E-state index contributed by atoms with van der Waals surface area (Å²) >= 11 is 0. The second-order valence-corrected chi connectivity index (χ2v) is 15.7. The Kier molecular flexibility index (Phi) is 40.0. The summed E-state index contributed by atoms with van der Waals surface area (Å²) in [6.07, 6.45) is 46.5. The molecule has 4 atom stereocenters. The van der Waals surface area contributed by atoms with Crippen LogP contribution >= 0.6 is 0 Å². The third kappa shape index (κ3) is 34.6. The van der Waals surface area contributed by atoms with Gasteiger partial charge in [0.25, 0.3) is 0 Å². The molecule has 0 spiro atoms. The minimum absolute atomic E-state index is 0.364. The average Bonchev–Trinajstić information content (AvgIpc) is 3.15. The summed E-state index contributed by atoms with van der Waals surface area (Å²) in [5.41, 5.74) is 0. The van der Waals surface area contributed by atoms with Crippen molar-refractivity contribution in [2.75, 3.05) is 6.61 Å². The molecular weight excluding hydrogens is 647 g/mol. The first-order chi connectivity index (χ1) is 25.5. The van der Waals surface area contributed by atoms with Gasteiger partial charge in [0, 0.05) is 0 Å². The Morgan fingerprint density at radius 1 is 0.462 bits per heavy atom. The molecule has 0 rings (SSSR count). The van der Waals surface area contributed by atoms with E-state index in [1.54, 1.807) is 0 Å². The lowest BCUT2D eigenvalue weighted by Crippen LogP contribution is -2.53. The van der Waals surface area contributed by atoms with Gasteiger partial charge < -0.3 is 25.7 Å². The minimum Gasteiger partial charge on any atom is -0.394 e. The minimum atomic E-state index is -1.29. The second-order valence-electron chi connectivity index (χ2n) is 15.7. The van der Waals surface area contributed by atoms with Gasteiger partial charge >= 0.3 is 0 Å². The Morgan fingerprint density at radius 3 is 1.21 bits per heavy atom. The normalized spacial score (nSPS) is 14.3. The van der Waals surface area contributed by atoms with Crippen LogP contribution in [-0.4, -0.2) is 57.3 Å². The van der Waals surface area contributed by atoms with Crippen LogP contribution in [0.5, 0.6) is 0 Å². The van der Waals surface area contributed by atoms with Crippen LogP contribution in [0, 0.1) is 0 Å². The fourth-order valence-electron chi connectivity index (χ4n) is 7.01. The number of amides is 1. The molecule has 0 saturated carbocycles. The Bertz CT molecular complexity index is 787. The summed E-state index contributed by atoms with van der Waals surface area (Å²) in [6, 6.07) is -1.00. The summed E-state index contributed by atoms with van der Waals surface area (Å²) in [5.74, 6) is -0.595. The SMILES string of the molecule is CCCCCC/C=C/CC/C=C/CCCC(O)C(O)C(CO)NC(=O)C(O)CCCCCCCCCCCCCCCCCCCCCCCCC. The Morgan fingerprint density at radius 2 is 0.808 bits per heavy atom. The third-order valence-corrected chi connectivity index (χ3v) is 10.6. The first-order valence-electron chi connectivity index (χ1n) is 22.7. The maximum atomic E-state index is 12.5. The van der Waals surface area contributed by atoms with Crippen molar-refractivity contribution < 1.29 is 25.2 Å². The van der Waals surface area contributed by atoms with E-state index in [-0.39, 0.29) is 0 Å². The molecule has 4 unspecified atom stereocenters. The van der Waals surface area contributed by atoms with Crippen molar-refractivity contribution in [2.45, 2.75) is 257 Å². The van der Waals surface area contributed by atoms with E-state index in [1.807, 2.05) is 0 Å². The van der Waals surface area contributed by atoms with Crippen molar-refractivity contribution in [1.29, 1.82) is 0 Å². The van der Waals surface area contributed by atoms with Gasteiger partial charge in [0.05, 0.1) is 18.8 Å². The quantitative estimate of drug-likeness (QED) is 0.0317. The van der Waals surface area contributed by atoms with Gasteiger partial charge in [-0.1, -0.05) is 205 Å². The molecular formula is C46H89NO5. The van der Waals surface area contributed by atoms with E-state index in [1.165, 1.54) is 154 Å². The lowest BCUT2D eigenvalue weighted by molar-refractivity contribution is -0.132. The summed E-state index contributed by atoms with van der Waals surface area (Å²) in [5, 5.41) is 43.6. The molecule has 0 radical (unpaired) electrons. The Balaban J connectivity index is 3.70. The molecule has 6 heteroatoms. The highest BCUT2D eigenvalue weighted by atomic mass is 16.3. The predicted octanol–water partition coefficient (Wildman–Crippen LogP) is 12.0. The molecule has 0 aromatic carbocycles. The molecule has 6 nitrogen and oxygen atoms in total. The molecule has 0 aliphatic rings. The number of aliphatic hydroxyl groups is 4. The van der Waals surface area contributed by atoms with Crippen molar-refractivity contribution in [3.8, 4) is 0 Å². The molecule has 52 heavy (non-hydrogen) atoms. The molecule has 0 aromatic rings. The zero-order chi connectivity index (χ0) is 38.2. The van der Waals surface area contributed by atoms with E-state index in [0.29, 0.717) is 19.3 Å². The number of allylic oxidation sites excluding steroid dienone is 4. The molecule has 0 fully saturated rings. The molecule has 0 bridgehead atoms. The van der Waals surface area contributed by atoms with Crippen LogP contribution in [0.15, 0.2) is 24.3 Å². The van der Waals surface area contributed by atoms with Crippen LogP contribution in [0.1, 0.15) is 232 Å². The third-order valence-electron chi connectivity index (χ3n) is 10.6. The van der Waals surface area contributed by atoms with Gasteiger partial charge in [-0.3, -0.25) is 4.79 Å². The van der Waals surface area contributed by atoms with Crippen LogP contribution < -0.4 is 5.32 Å². The summed E-state index contributed by atoms with van der Waals surface area (Å²) in [7, 11) is 0. The largest absolute Gasteiger partial charge is 0.394 e. The Labute approximate surface area is 323 Å². The van der Waals surface area contributed by atoms with Crippen molar-refractivity contribution >= 4 is 5.91 Å². The number of aliphatic hydroxyl groups excluding tert-OH is 4. The Hall–Kier alpha value is -1.21. The highest BCUT2D eigenvalue weighted by Gasteiger charge is 2.28. The van der Waals surface area contributed by atoms with Crippen LogP contribution in [-0.2, 0) is 4.79 Å². The number of nitrogens with one attached hydrogen (secondary N) is 1. The zero-order valence-electron chi connectivity index (χ0n) is 34.6. The van der Waals surface area contributed by atoms with Gasteiger partial charge in [0.2, 0.25) is 5.91 Å². The first kappa shape index (κ1) is 50.8. The van der Waals surface area contributed by atoms with E-state index in [4.69, 9.17) is 0 Å². The van der Waals surface area contributed by atoms with E-state index >= 15 is 0 Å². The fraction of sp³-hybridized carbons (Fsp3) is 0.891. The standard InChI is InChI=1S/C46H89NO5/c1-3-5-7-9-11-13-15-17-18-19-20-21-22-23-24-25-26-28-30-32-34-36-38-40-44(50)46(52)47-42(41-48)45(51)43(49)39-37-35-33-31-29-27-16-14-12-10-8-6-4-2/h14,16,31,33,42-45,48-51H,3-13,15,17-30,32,34-41H2,1-2H3,(H,47,52)/b16-14+,33-31+. The molecule has 0 aromatic heterocycles. The second kappa shape index (κ2) is 41.0. The molecule has 0 heterocycles. The highest BCUT2D eigenvalue weighted by Crippen LogP contribution is 2.16. The smallest absolute Gasteiger partial charge is 0.249 e. The van der Waals surface area contributed by atoms with Crippen LogP contribution in [0.2, 0.25) is 0 Å². The maximum absolute atomic E-state index is 12.5. The summed E-state index contributed by atoms with van der Waals surface area (Å²) in [6.45, 7) is 4.02. The van der Waals surface area contributed by atoms with Gasteiger partial charge in [0.15, 0.2) is 0 Å². The highest BCUT2D eigenvalue weighted by molar-refractivity contribution is 5.80. The van der Waals surface area contributed by atoms with Gasteiger partial charge in [0.1, 0.15) is 12.2 Å². The predicted molar refractivity (Wildman–Crippen MR) is 224 cm³/mol. The molecule has 0 aliphatic carbocycles. The van der Waals surface area contributed by atoms with Gasteiger partial charge in [-0.15, -0.1) is 0 Å². The van der Waals surface area contributed by atoms with E-state index in [0.717, 1.165) is 44.9 Å². The lowest BCUT2D eigenvalue weighted by Gasteiger charge is -2.27. The number of unbranched alkanes of at least 4 members (excludes halogenated alkanes) is 28. The van der Waals surface area contributed by atoms with Gasteiger partial charge in [-0.25, -0.2) is 0 Å². The van der Waals surface area contributed by atoms with Crippen molar-refractivity contribution in [1.82, 2.24) is 5.32 Å². The van der Waals surface area contributed by atoms with Gasteiger partial charge in [-0.2, -0.15) is 0 Å². The number of carbonyl (C=O) groups excluding carboxylic acids is 1. The van der Waals surface area contributed by atoms with E-state index < -0.39 is 36.9 Å². The fourth-order valence-corrected chi connectivity index (χ4v) is 7.01. The lowest BCUT2D eigenvalue weighted by atomic mass is 10.00. The molecule has 308 valence electrons. The van der Waals surface area contributed by atoms with Crippen molar-refractivity contribution in [3.05, 3.63) is 24.3 Å². The number of hydrogen-bond acceptors (Lipinski definition) is 5. The molecule has 1 amide bonds. The van der Waals surface area contributed by atoms with Crippen LogP contribution in [0.4, 0.5) is 0 Å². The number of hydrogen-bond donors (Lipinski definition) is 5. The molecule has 0 aliphatic heterocycles. The summed E-state index contributed by atoms with van der Waals surface area (Å²) in [4.78, 5) is 12.5. The van der Waals surface area contributed by atoms with Crippen LogP contribution in [0.3, 0.4) is 0 Å². The molecule has 0 saturated heterocycles.